The monoisotopic (exact) mass is 279 g/mol. The van der Waals surface area contributed by atoms with Crippen molar-refractivity contribution in [2.75, 3.05) is 20.1 Å². The van der Waals surface area contributed by atoms with Gasteiger partial charge in [0.2, 0.25) is 4.96 Å². The maximum Gasteiger partial charge on any atom is 0.275 e. The number of likely N-dealkylation sites (N-methyl/N-ethyl adjacent to an activating group) is 1. The van der Waals surface area contributed by atoms with Crippen LogP contribution in [-0.2, 0) is 6.54 Å². The van der Waals surface area contributed by atoms with Crippen LogP contribution in [0.1, 0.15) is 18.5 Å². The van der Waals surface area contributed by atoms with Crippen LogP contribution in [-0.4, -0.2) is 45.7 Å². The van der Waals surface area contributed by atoms with Crippen molar-refractivity contribution >= 4 is 16.3 Å². The highest BCUT2D eigenvalue weighted by Crippen LogP contribution is 2.09. The second kappa shape index (κ2) is 5.36. The number of nitrogens with zero attached hydrogens (tertiary/aromatic N) is 4. The van der Waals surface area contributed by atoms with Crippen LogP contribution in [0.15, 0.2) is 16.4 Å². The van der Waals surface area contributed by atoms with Crippen LogP contribution in [0.3, 0.4) is 0 Å². The van der Waals surface area contributed by atoms with Crippen LogP contribution in [0.4, 0.5) is 0 Å². The second-order valence-electron chi connectivity index (χ2n) is 5.01. The highest BCUT2D eigenvalue weighted by atomic mass is 32.1. The van der Waals surface area contributed by atoms with E-state index in [0.29, 0.717) is 17.5 Å². The smallest absolute Gasteiger partial charge is 0.275 e. The first-order valence-corrected chi connectivity index (χ1v) is 7.35. The van der Waals surface area contributed by atoms with Crippen LogP contribution < -0.4 is 10.9 Å². The van der Waals surface area contributed by atoms with E-state index in [0.717, 1.165) is 18.8 Å². The fourth-order valence-corrected chi connectivity index (χ4v) is 3.15. The summed E-state index contributed by atoms with van der Waals surface area (Å²) >= 11 is 1.39. The molecule has 1 unspecified atom stereocenters. The van der Waals surface area contributed by atoms with Gasteiger partial charge in [0.25, 0.3) is 5.56 Å². The van der Waals surface area contributed by atoms with Gasteiger partial charge in [-0.3, -0.25) is 9.69 Å². The van der Waals surface area contributed by atoms with Crippen LogP contribution in [0.5, 0.6) is 0 Å². The molecule has 0 spiro atoms. The van der Waals surface area contributed by atoms with Gasteiger partial charge in [0.05, 0.1) is 5.69 Å². The van der Waals surface area contributed by atoms with Crippen molar-refractivity contribution in [3.05, 3.63) is 27.6 Å². The summed E-state index contributed by atoms with van der Waals surface area (Å²) in [4.78, 5) is 19.2. The van der Waals surface area contributed by atoms with Crippen LogP contribution in [0.2, 0.25) is 0 Å². The average molecular weight is 279 g/mol. The Hall–Kier alpha value is -1.31. The second-order valence-corrected chi connectivity index (χ2v) is 5.82. The lowest BCUT2D eigenvalue weighted by atomic mass is 10.2. The van der Waals surface area contributed by atoms with Crippen LogP contribution in [0.25, 0.3) is 4.96 Å². The topological polar surface area (TPSA) is 62.5 Å². The minimum absolute atomic E-state index is 0.103. The highest BCUT2D eigenvalue weighted by molar-refractivity contribution is 7.14. The van der Waals surface area contributed by atoms with E-state index in [-0.39, 0.29) is 5.56 Å². The van der Waals surface area contributed by atoms with Gasteiger partial charge >= 0.3 is 0 Å². The summed E-state index contributed by atoms with van der Waals surface area (Å²) in [5.41, 5.74) is 2.35. The first-order chi connectivity index (χ1) is 9.22. The van der Waals surface area contributed by atoms with E-state index in [1.807, 2.05) is 0 Å². The van der Waals surface area contributed by atoms with Crippen LogP contribution in [0, 0.1) is 0 Å². The van der Waals surface area contributed by atoms with Crippen molar-refractivity contribution in [3.63, 3.8) is 0 Å². The molecule has 0 aromatic carbocycles. The number of rotatable bonds is 4. The summed E-state index contributed by atoms with van der Waals surface area (Å²) in [5, 5.41) is 7.43. The summed E-state index contributed by atoms with van der Waals surface area (Å²) in [6, 6.07) is 2.14. The van der Waals surface area contributed by atoms with Crippen molar-refractivity contribution < 1.29 is 0 Å². The van der Waals surface area contributed by atoms with E-state index in [1.54, 1.807) is 11.6 Å². The average Bonchev–Trinajstić information content (AvgIpc) is 2.99. The normalized spacial score (nSPS) is 19.6. The highest BCUT2D eigenvalue weighted by Gasteiger charge is 2.16. The van der Waals surface area contributed by atoms with Gasteiger partial charge in [-0.2, -0.15) is 9.61 Å². The number of nitrogens with one attached hydrogen (secondary N) is 1. The van der Waals surface area contributed by atoms with Crippen molar-refractivity contribution in [2.45, 2.75) is 25.4 Å². The summed E-state index contributed by atoms with van der Waals surface area (Å²) < 4.78 is 1.34. The molecule has 0 saturated carbocycles. The molecule has 1 atom stereocenters. The predicted octanol–water partition coefficient (Wildman–Crippen LogP) is 0.335. The molecule has 19 heavy (non-hydrogen) atoms. The third kappa shape index (κ3) is 2.83. The van der Waals surface area contributed by atoms with Gasteiger partial charge in [-0.25, -0.2) is 4.98 Å². The molecule has 1 N–H and O–H groups in total. The molecule has 0 aliphatic carbocycles. The van der Waals surface area contributed by atoms with Gasteiger partial charge in [-0.1, -0.05) is 11.3 Å². The van der Waals surface area contributed by atoms with Crippen molar-refractivity contribution in [1.82, 2.24) is 24.8 Å². The number of hydrogen-bond donors (Lipinski definition) is 1. The predicted molar refractivity (Wildman–Crippen MR) is 74.5 cm³/mol. The Labute approximate surface area is 115 Å². The Balaban J connectivity index is 1.71. The molecule has 1 aliphatic heterocycles. The van der Waals surface area contributed by atoms with Gasteiger partial charge in [0.15, 0.2) is 0 Å². The number of aromatic nitrogens is 3. The molecule has 1 aliphatic rings. The zero-order valence-electron chi connectivity index (χ0n) is 10.9. The van der Waals surface area contributed by atoms with E-state index >= 15 is 0 Å². The van der Waals surface area contributed by atoms with Gasteiger partial charge < -0.3 is 5.32 Å². The van der Waals surface area contributed by atoms with Gasteiger partial charge in [-0.05, 0) is 26.4 Å². The quantitative estimate of drug-likeness (QED) is 0.874. The summed E-state index contributed by atoms with van der Waals surface area (Å²) in [7, 11) is 2.07. The van der Waals surface area contributed by atoms with Crippen molar-refractivity contribution in [2.24, 2.45) is 0 Å². The molecule has 102 valence electrons. The molecular weight excluding hydrogens is 262 g/mol. The molecule has 7 heteroatoms. The fraction of sp³-hybridized carbons (Fsp3) is 0.583. The van der Waals surface area contributed by atoms with Gasteiger partial charge in [-0.15, -0.1) is 0 Å². The molecule has 0 amide bonds. The Bertz CT molecular complexity index is 616. The molecule has 3 rings (SSSR count). The van der Waals surface area contributed by atoms with E-state index in [4.69, 9.17) is 0 Å². The first kappa shape index (κ1) is 12.7. The maximum absolute atomic E-state index is 11.8. The zero-order chi connectivity index (χ0) is 13.2. The number of hydrogen-bond acceptors (Lipinski definition) is 6. The standard InChI is InChI=1S/C12H17N5OS/c1-16(6-9-3-2-4-13-9)7-10-5-11(18)17-12(15-10)19-8-14-17/h5,8-9,13H,2-4,6-7H2,1H3. The Morgan fingerprint density at radius 2 is 2.53 bits per heavy atom. The van der Waals surface area contributed by atoms with Crippen molar-refractivity contribution in [3.8, 4) is 0 Å². The van der Waals surface area contributed by atoms with E-state index in [2.05, 4.69) is 27.3 Å². The van der Waals surface area contributed by atoms with E-state index in [1.165, 1.54) is 28.7 Å². The molecular formula is C12H17N5OS. The van der Waals surface area contributed by atoms with E-state index in [9.17, 15) is 4.79 Å². The third-order valence-electron chi connectivity index (χ3n) is 3.37. The molecule has 3 heterocycles. The molecule has 6 nitrogen and oxygen atoms in total. The lowest BCUT2D eigenvalue weighted by Gasteiger charge is -2.20. The van der Waals surface area contributed by atoms with E-state index < -0.39 is 0 Å². The zero-order valence-corrected chi connectivity index (χ0v) is 11.7. The molecule has 2 aromatic heterocycles. The minimum Gasteiger partial charge on any atom is -0.313 e. The Kier molecular flexibility index (Phi) is 3.58. The van der Waals surface area contributed by atoms with Crippen molar-refractivity contribution in [1.29, 1.82) is 0 Å². The lowest BCUT2D eigenvalue weighted by Crippen LogP contribution is -2.35. The lowest BCUT2D eigenvalue weighted by molar-refractivity contribution is 0.290. The molecule has 1 fully saturated rings. The molecule has 1 saturated heterocycles. The SMILES string of the molecule is CN(Cc1cc(=O)n2ncsc2n1)CC1CCCN1. The summed E-state index contributed by atoms with van der Waals surface area (Å²) in [5.74, 6) is 0. The Morgan fingerprint density at radius 1 is 1.63 bits per heavy atom. The number of fused-ring (bicyclic) bond motifs is 1. The van der Waals surface area contributed by atoms with Crippen LogP contribution >= 0.6 is 11.3 Å². The molecule has 0 radical (unpaired) electrons. The maximum atomic E-state index is 11.8. The Morgan fingerprint density at radius 3 is 3.32 bits per heavy atom. The van der Waals surface area contributed by atoms with Gasteiger partial charge in [0, 0.05) is 25.2 Å². The van der Waals surface area contributed by atoms with Gasteiger partial charge in [0.1, 0.15) is 5.51 Å². The minimum atomic E-state index is -0.103. The largest absolute Gasteiger partial charge is 0.313 e. The molecule has 0 bridgehead atoms. The first-order valence-electron chi connectivity index (χ1n) is 6.47. The molecule has 2 aromatic rings. The third-order valence-corrected chi connectivity index (χ3v) is 4.04. The summed E-state index contributed by atoms with van der Waals surface area (Å²) in [6.07, 6.45) is 2.49. The fourth-order valence-electron chi connectivity index (χ4n) is 2.51. The summed E-state index contributed by atoms with van der Waals surface area (Å²) in [6.45, 7) is 2.80.